The van der Waals surface area contributed by atoms with Crippen molar-refractivity contribution in [2.24, 2.45) is 0 Å². The lowest BCUT2D eigenvalue weighted by Gasteiger charge is -2.14. The number of hydrogen-bond donors (Lipinski definition) is 1. The summed E-state index contributed by atoms with van der Waals surface area (Å²) in [6.45, 7) is 4.24. The number of carbonyl (C=O) groups is 1. The molecule has 0 bridgehead atoms. The van der Waals surface area contributed by atoms with Gasteiger partial charge in [0.2, 0.25) is 11.6 Å². The minimum absolute atomic E-state index is 0.0604. The van der Waals surface area contributed by atoms with Crippen LogP contribution in [0.3, 0.4) is 0 Å². The van der Waals surface area contributed by atoms with Gasteiger partial charge in [0.15, 0.2) is 5.76 Å². The third kappa shape index (κ3) is 5.18. The molecule has 1 N–H and O–H groups in total. The Bertz CT molecular complexity index is 1220. The maximum atomic E-state index is 10.7. The number of ether oxygens (including phenoxy) is 2. The number of nitrogens with zero attached hydrogens (tertiary/aromatic N) is 3. The highest BCUT2D eigenvalue weighted by atomic mass is 16.5. The van der Waals surface area contributed by atoms with Gasteiger partial charge < -0.3 is 19.0 Å². The Labute approximate surface area is 191 Å². The predicted octanol–water partition coefficient (Wildman–Crippen LogP) is 4.77. The van der Waals surface area contributed by atoms with Crippen molar-refractivity contribution in [3.8, 4) is 28.5 Å². The number of aromatic nitrogens is 3. The first-order valence-electron chi connectivity index (χ1n) is 10.8. The number of aryl methyl sites for hydroxylation is 1. The summed E-state index contributed by atoms with van der Waals surface area (Å²) in [5, 5.41) is 9.43. The van der Waals surface area contributed by atoms with E-state index in [4.69, 9.17) is 19.0 Å². The van der Waals surface area contributed by atoms with Crippen molar-refractivity contribution < 1.29 is 23.8 Å². The van der Waals surface area contributed by atoms with Gasteiger partial charge in [0.05, 0.1) is 19.1 Å². The van der Waals surface area contributed by atoms with Gasteiger partial charge in [-0.2, -0.15) is 0 Å². The van der Waals surface area contributed by atoms with E-state index >= 15 is 0 Å². The third-order valence-corrected chi connectivity index (χ3v) is 5.17. The van der Waals surface area contributed by atoms with Crippen LogP contribution in [0.1, 0.15) is 25.8 Å². The number of benzene rings is 1. The van der Waals surface area contributed by atoms with Crippen molar-refractivity contribution in [1.82, 2.24) is 15.0 Å². The summed E-state index contributed by atoms with van der Waals surface area (Å²) in [5.74, 6) is 0.0555. The summed E-state index contributed by atoms with van der Waals surface area (Å²) in [5.41, 5.74) is 4.06. The maximum absolute atomic E-state index is 10.7. The standard InChI is InChI=1S/C25H25N3O5/c1-3-17-7-9-18(10-8-17)21-22-24(32-14-16(2)31-13-11-20(29)30)27-15-28-25(22)33-23(21)19-6-4-5-12-26-19/h4-10,12,15-16H,3,11,13-14H2,1-2H3,(H,29,30). The molecule has 0 aliphatic carbocycles. The molecule has 1 unspecified atom stereocenters. The van der Waals surface area contributed by atoms with Crippen LogP contribution in [0, 0.1) is 0 Å². The van der Waals surface area contributed by atoms with Gasteiger partial charge in [-0.05, 0) is 36.6 Å². The molecule has 8 nitrogen and oxygen atoms in total. The van der Waals surface area contributed by atoms with Crippen LogP contribution in [-0.2, 0) is 16.0 Å². The lowest BCUT2D eigenvalue weighted by molar-refractivity contribution is -0.138. The molecule has 0 fully saturated rings. The topological polar surface area (TPSA) is 108 Å². The van der Waals surface area contributed by atoms with Crippen LogP contribution in [-0.4, -0.2) is 45.3 Å². The van der Waals surface area contributed by atoms with Crippen molar-refractivity contribution >= 4 is 17.1 Å². The van der Waals surface area contributed by atoms with Crippen LogP contribution >= 0.6 is 0 Å². The van der Waals surface area contributed by atoms with E-state index in [0.717, 1.165) is 17.5 Å². The number of carboxylic acids is 1. The average Bonchev–Trinajstić information content (AvgIpc) is 3.23. The lowest BCUT2D eigenvalue weighted by atomic mass is 9.99. The quantitative estimate of drug-likeness (QED) is 0.370. The van der Waals surface area contributed by atoms with Gasteiger partial charge in [-0.15, -0.1) is 0 Å². The Morgan fingerprint density at radius 3 is 2.64 bits per heavy atom. The van der Waals surface area contributed by atoms with Crippen molar-refractivity contribution in [2.45, 2.75) is 32.8 Å². The van der Waals surface area contributed by atoms with Crippen LogP contribution in [0.2, 0.25) is 0 Å². The van der Waals surface area contributed by atoms with E-state index in [0.29, 0.717) is 28.4 Å². The number of carboxylic acid groups (broad SMARTS) is 1. The van der Waals surface area contributed by atoms with Gasteiger partial charge in [0.1, 0.15) is 24.0 Å². The zero-order valence-electron chi connectivity index (χ0n) is 18.5. The van der Waals surface area contributed by atoms with Gasteiger partial charge in [0.25, 0.3) is 0 Å². The summed E-state index contributed by atoms with van der Waals surface area (Å²) in [6.07, 6.45) is 3.67. The molecule has 0 amide bonds. The SMILES string of the molecule is CCc1ccc(-c2c(-c3ccccn3)oc3ncnc(OCC(C)OCCC(=O)O)c23)cc1. The second-order valence-corrected chi connectivity index (χ2v) is 7.57. The largest absolute Gasteiger partial charge is 0.481 e. The minimum Gasteiger partial charge on any atom is -0.481 e. The maximum Gasteiger partial charge on any atom is 0.305 e. The molecule has 1 atom stereocenters. The Kier molecular flexibility index (Phi) is 6.95. The minimum atomic E-state index is -0.903. The molecule has 0 aliphatic rings. The molecule has 0 spiro atoms. The Morgan fingerprint density at radius 1 is 1.12 bits per heavy atom. The van der Waals surface area contributed by atoms with Crippen LogP contribution < -0.4 is 4.74 Å². The fraction of sp³-hybridized carbons (Fsp3) is 0.280. The van der Waals surface area contributed by atoms with Crippen LogP contribution in [0.5, 0.6) is 5.88 Å². The highest BCUT2D eigenvalue weighted by Gasteiger charge is 2.24. The lowest BCUT2D eigenvalue weighted by Crippen LogP contribution is -2.20. The van der Waals surface area contributed by atoms with Crippen molar-refractivity contribution in [3.05, 3.63) is 60.6 Å². The van der Waals surface area contributed by atoms with E-state index in [2.05, 4.69) is 34.0 Å². The molecular formula is C25H25N3O5. The second-order valence-electron chi connectivity index (χ2n) is 7.57. The summed E-state index contributed by atoms with van der Waals surface area (Å²) in [7, 11) is 0. The molecule has 170 valence electrons. The summed E-state index contributed by atoms with van der Waals surface area (Å²) < 4.78 is 17.7. The van der Waals surface area contributed by atoms with E-state index < -0.39 is 5.97 Å². The molecule has 0 radical (unpaired) electrons. The normalized spacial score (nSPS) is 12.1. The molecule has 4 aromatic rings. The number of furan rings is 1. The van der Waals surface area contributed by atoms with Gasteiger partial charge in [-0.1, -0.05) is 37.3 Å². The molecule has 33 heavy (non-hydrogen) atoms. The number of rotatable bonds is 10. The molecule has 0 saturated heterocycles. The Morgan fingerprint density at radius 2 is 1.94 bits per heavy atom. The van der Waals surface area contributed by atoms with Gasteiger partial charge >= 0.3 is 5.97 Å². The smallest absolute Gasteiger partial charge is 0.305 e. The van der Waals surface area contributed by atoms with Crippen LogP contribution in [0.15, 0.2) is 59.4 Å². The molecule has 1 aromatic carbocycles. The number of aliphatic carboxylic acids is 1. The molecule has 0 aliphatic heterocycles. The fourth-order valence-corrected chi connectivity index (χ4v) is 3.47. The first kappa shape index (κ1) is 22.4. The average molecular weight is 447 g/mol. The first-order valence-corrected chi connectivity index (χ1v) is 10.8. The molecule has 0 saturated carbocycles. The number of pyridine rings is 1. The monoisotopic (exact) mass is 447 g/mol. The predicted molar refractivity (Wildman–Crippen MR) is 123 cm³/mol. The molecule has 4 rings (SSSR count). The highest BCUT2D eigenvalue weighted by molar-refractivity contribution is 6.02. The Balaban J connectivity index is 1.73. The van der Waals surface area contributed by atoms with Crippen LogP contribution in [0.25, 0.3) is 33.7 Å². The second kappa shape index (κ2) is 10.2. The van der Waals surface area contributed by atoms with E-state index in [1.54, 1.807) is 6.20 Å². The van der Waals surface area contributed by atoms with Gasteiger partial charge in [0, 0.05) is 11.8 Å². The first-order chi connectivity index (χ1) is 16.1. The van der Waals surface area contributed by atoms with Crippen molar-refractivity contribution in [2.75, 3.05) is 13.2 Å². The van der Waals surface area contributed by atoms with Gasteiger partial charge in [-0.25, -0.2) is 9.97 Å². The summed E-state index contributed by atoms with van der Waals surface area (Å²) in [6, 6.07) is 13.9. The van der Waals surface area contributed by atoms with Crippen molar-refractivity contribution in [1.29, 1.82) is 0 Å². The third-order valence-electron chi connectivity index (χ3n) is 5.17. The number of hydrogen-bond acceptors (Lipinski definition) is 7. The molecule has 3 heterocycles. The van der Waals surface area contributed by atoms with E-state index in [-0.39, 0.29) is 25.7 Å². The molecule has 8 heteroatoms. The van der Waals surface area contributed by atoms with E-state index in [1.165, 1.54) is 11.9 Å². The van der Waals surface area contributed by atoms with Crippen LogP contribution in [0.4, 0.5) is 0 Å². The molecule has 3 aromatic heterocycles. The zero-order valence-corrected chi connectivity index (χ0v) is 18.5. The van der Waals surface area contributed by atoms with E-state index in [9.17, 15) is 4.79 Å². The Hall–Kier alpha value is -3.78. The zero-order chi connectivity index (χ0) is 23.2. The number of fused-ring (bicyclic) bond motifs is 1. The van der Waals surface area contributed by atoms with Crippen molar-refractivity contribution in [3.63, 3.8) is 0 Å². The highest BCUT2D eigenvalue weighted by Crippen LogP contribution is 2.42. The fourth-order valence-electron chi connectivity index (χ4n) is 3.47. The summed E-state index contributed by atoms with van der Waals surface area (Å²) >= 11 is 0. The summed E-state index contributed by atoms with van der Waals surface area (Å²) in [4.78, 5) is 23.8. The molecular weight excluding hydrogens is 422 g/mol. The van der Waals surface area contributed by atoms with Gasteiger partial charge in [-0.3, -0.25) is 9.78 Å². The van der Waals surface area contributed by atoms with E-state index in [1.807, 2.05) is 37.3 Å².